The lowest BCUT2D eigenvalue weighted by molar-refractivity contribution is -0.144. The lowest BCUT2D eigenvalue weighted by Crippen LogP contribution is -2.40. The van der Waals surface area contributed by atoms with Crippen molar-refractivity contribution in [3.8, 4) is 0 Å². The molecule has 0 aromatic heterocycles. The number of ketones is 1. The van der Waals surface area contributed by atoms with Gasteiger partial charge in [-0.3, -0.25) is 9.59 Å². The maximum atomic E-state index is 12.5. The summed E-state index contributed by atoms with van der Waals surface area (Å²) in [6, 6.07) is 5.71. The minimum Gasteiger partial charge on any atom is -0.457 e. The lowest BCUT2D eigenvalue weighted by atomic mass is 10.1. The molecule has 0 amide bonds. The van der Waals surface area contributed by atoms with E-state index in [1.54, 1.807) is 0 Å². The van der Waals surface area contributed by atoms with Gasteiger partial charge in [-0.2, -0.15) is 4.31 Å². The van der Waals surface area contributed by atoms with Crippen molar-refractivity contribution in [2.24, 2.45) is 11.8 Å². The number of ether oxygens (including phenoxy) is 2. The first kappa shape index (κ1) is 18.0. The Morgan fingerprint density at radius 2 is 1.80 bits per heavy atom. The van der Waals surface area contributed by atoms with Crippen molar-refractivity contribution in [1.82, 2.24) is 4.31 Å². The second-order valence-corrected chi connectivity index (χ2v) is 8.33. The molecular formula is C17H21NO6S. The maximum absolute atomic E-state index is 12.5. The van der Waals surface area contributed by atoms with Crippen molar-refractivity contribution in [2.45, 2.75) is 18.2 Å². The first-order valence-electron chi connectivity index (χ1n) is 8.27. The molecule has 2 atom stereocenters. The molecule has 1 aromatic carbocycles. The maximum Gasteiger partial charge on any atom is 0.309 e. The molecule has 1 heterocycles. The summed E-state index contributed by atoms with van der Waals surface area (Å²) in [5.74, 6) is -0.453. The molecule has 2 aliphatic rings. The van der Waals surface area contributed by atoms with Crippen molar-refractivity contribution in [1.29, 1.82) is 0 Å². The average molecular weight is 367 g/mol. The van der Waals surface area contributed by atoms with E-state index in [0.717, 1.165) is 6.42 Å². The van der Waals surface area contributed by atoms with Crippen LogP contribution in [0.2, 0.25) is 0 Å². The average Bonchev–Trinajstić information content (AvgIpc) is 3.37. The van der Waals surface area contributed by atoms with Crippen molar-refractivity contribution < 1.29 is 27.5 Å². The Morgan fingerprint density at radius 3 is 2.36 bits per heavy atom. The normalized spacial score (nSPS) is 23.9. The number of carbonyl (C=O) groups excluding carboxylic acids is 2. The van der Waals surface area contributed by atoms with Gasteiger partial charge >= 0.3 is 5.97 Å². The Balaban J connectivity index is 1.61. The predicted molar refractivity (Wildman–Crippen MR) is 88.6 cm³/mol. The van der Waals surface area contributed by atoms with Gasteiger partial charge in [0.15, 0.2) is 12.4 Å². The Labute approximate surface area is 147 Å². The second kappa shape index (κ2) is 7.23. The Hall–Kier alpha value is -1.77. The van der Waals surface area contributed by atoms with E-state index < -0.39 is 10.0 Å². The summed E-state index contributed by atoms with van der Waals surface area (Å²) in [6.45, 7) is 3.03. The van der Waals surface area contributed by atoms with Crippen LogP contribution in [0.3, 0.4) is 0 Å². The topological polar surface area (TPSA) is 90.0 Å². The Morgan fingerprint density at radius 1 is 1.20 bits per heavy atom. The van der Waals surface area contributed by atoms with Crippen LogP contribution in [0.5, 0.6) is 0 Å². The molecule has 8 heteroatoms. The largest absolute Gasteiger partial charge is 0.457 e. The zero-order valence-corrected chi connectivity index (χ0v) is 14.8. The molecule has 0 radical (unpaired) electrons. The zero-order valence-electron chi connectivity index (χ0n) is 14.0. The molecule has 3 rings (SSSR count). The first-order chi connectivity index (χ1) is 11.9. The summed E-state index contributed by atoms with van der Waals surface area (Å²) in [7, 11) is -3.58. The minimum atomic E-state index is -3.58. The van der Waals surface area contributed by atoms with Crippen molar-refractivity contribution >= 4 is 21.8 Å². The molecule has 0 bridgehead atoms. The van der Waals surface area contributed by atoms with E-state index in [1.807, 2.05) is 6.92 Å². The van der Waals surface area contributed by atoms with Gasteiger partial charge in [0.2, 0.25) is 10.0 Å². The van der Waals surface area contributed by atoms with E-state index in [9.17, 15) is 18.0 Å². The number of hydrogen-bond donors (Lipinski definition) is 0. The van der Waals surface area contributed by atoms with Crippen molar-refractivity contribution in [3.63, 3.8) is 0 Å². The van der Waals surface area contributed by atoms with Gasteiger partial charge in [0.25, 0.3) is 0 Å². The summed E-state index contributed by atoms with van der Waals surface area (Å²) in [6.07, 6.45) is 0.807. The number of benzene rings is 1. The van der Waals surface area contributed by atoms with Crippen LogP contribution in [0.15, 0.2) is 29.2 Å². The molecule has 1 saturated heterocycles. The van der Waals surface area contributed by atoms with Crippen LogP contribution >= 0.6 is 0 Å². The van der Waals surface area contributed by atoms with E-state index in [1.165, 1.54) is 28.6 Å². The highest BCUT2D eigenvalue weighted by Crippen LogP contribution is 2.38. The summed E-state index contributed by atoms with van der Waals surface area (Å²) < 4.78 is 36.6. The Bertz CT molecular complexity index is 752. The molecular weight excluding hydrogens is 346 g/mol. The fourth-order valence-electron chi connectivity index (χ4n) is 2.73. The SMILES string of the molecule is C[C@H]1C[C@@H]1C(=O)OCC(=O)c1ccc(S(=O)(=O)N2CCOCC2)cc1. The molecule has 0 spiro atoms. The number of rotatable bonds is 6. The predicted octanol–water partition coefficient (Wildman–Crippen LogP) is 1.09. The van der Waals surface area contributed by atoms with Crippen LogP contribution in [-0.4, -0.2) is 57.4 Å². The molecule has 136 valence electrons. The van der Waals surface area contributed by atoms with Gasteiger partial charge in [0.05, 0.1) is 24.0 Å². The van der Waals surface area contributed by atoms with Gasteiger partial charge in [0.1, 0.15) is 0 Å². The van der Waals surface area contributed by atoms with E-state index >= 15 is 0 Å². The Kier molecular flexibility index (Phi) is 5.21. The van der Waals surface area contributed by atoms with Crippen molar-refractivity contribution in [3.05, 3.63) is 29.8 Å². The van der Waals surface area contributed by atoms with Crippen LogP contribution in [0, 0.1) is 11.8 Å². The standard InChI is InChI=1S/C17H21NO6S/c1-12-10-15(12)17(20)24-11-16(19)13-2-4-14(5-3-13)25(21,22)18-6-8-23-9-7-18/h2-5,12,15H,6-11H2,1H3/t12-,15-/m0/s1. The highest BCUT2D eigenvalue weighted by atomic mass is 32.2. The number of nitrogens with zero attached hydrogens (tertiary/aromatic N) is 1. The summed E-state index contributed by atoms with van der Waals surface area (Å²) in [5.41, 5.74) is 0.317. The molecule has 0 unspecified atom stereocenters. The van der Waals surface area contributed by atoms with Crippen LogP contribution in [0.4, 0.5) is 0 Å². The van der Waals surface area contributed by atoms with Gasteiger partial charge in [-0.05, 0) is 36.6 Å². The highest BCUT2D eigenvalue weighted by Gasteiger charge is 2.40. The molecule has 1 aromatic rings. The van der Waals surface area contributed by atoms with Crippen LogP contribution < -0.4 is 0 Å². The number of Topliss-reactive ketones (excluding diaryl/α,β-unsaturated/α-hetero) is 1. The third-order valence-electron chi connectivity index (χ3n) is 4.54. The summed E-state index contributed by atoms with van der Waals surface area (Å²) >= 11 is 0. The fourth-order valence-corrected chi connectivity index (χ4v) is 4.13. The monoisotopic (exact) mass is 367 g/mol. The van der Waals surface area contributed by atoms with Gasteiger partial charge in [-0.15, -0.1) is 0 Å². The zero-order chi connectivity index (χ0) is 18.0. The van der Waals surface area contributed by atoms with Gasteiger partial charge in [-0.1, -0.05) is 6.92 Å². The van der Waals surface area contributed by atoms with E-state index in [4.69, 9.17) is 9.47 Å². The third-order valence-corrected chi connectivity index (χ3v) is 6.45. The molecule has 1 aliphatic carbocycles. The fraction of sp³-hybridized carbons (Fsp3) is 0.529. The van der Waals surface area contributed by atoms with E-state index in [-0.39, 0.29) is 29.2 Å². The summed E-state index contributed by atoms with van der Waals surface area (Å²) in [4.78, 5) is 23.9. The van der Waals surface area contributed by atoms with Crippen LogP contribution in [0.1, 0.15) is 23.7 Å². The lowest BCUT2D eigenvalue weighted by Gasteiger charge is -2.26. The molecule has 7 nitrogen and oxygen atoms in total. The third kappa shape index (κ3) is 4.08. The molecule has 25 heavy (non-hydrogen) atoms. The number of sulfonamides is 1. The van der Waals surface area contributed by atoms with Crippen LogP contribution in [0.25, 0.3) is 0 Å². The summed E-state index contributed by atoms with van der Waals surface area (Å²) in [5, 5.41) is 0. The number of morpholine rings is 1. The van der Waals surface area contributed by atoms with Crippen LogP contribution in [-0.2, 0) is 24.3 Å². The number of carbonyl (C=O) groups is 2. The van der Waals surface area contributed by atoms with E-state index in [0.29, 0.717) is 37.8 Å². The number of esters is 1. The molecule has 2 fully saturated rings. The molecule has 1 saturated carbocycles. The first-order valence-corrected chi connectivity index (χ1v) is 9.71. The quantitative estimate of drug-likeness (QED) is 0.552. The second-order valence-electron chi connectivity index (χ2n) is 6.39. The molecule has 1 aliphatic heterocycles. The molecule has 0 N–H and O–H groups in total. The van der Waals surface area contributed by atoms with Gasteiger partial charge < -0.3 is 9.47 Å². The van der Waals surface area contributed by atoms with E-state index in [2.05, 4.69) is 0 Å². The smallest absolute Gasteiger partial charge is 0.309 e. The minimum absolute atomic E-state index is 0.0890. The van der Waals surface area contributed by atoms with Gasteiger partial charge in [0, 0.05) is 18.7 Å². The van der Waals surface area contributed by atoms with Crippen molar-refractivity contribution in [2.75, 3.05) is 32.9 Å². The number of hydrogen-bond acceptors (Lipinski definition) is 6. The highest BCUT2D eigenvalue weighted by molar-refractivity contribution is 7.89. The van der Waals surface area contributed by atoms with Gasteiger partial charge in [-0.25, -0.2) is 8.42 Å².